The molecule has 0 fully saturated rings. The van der Waals surface area contributed by atoms with Gasteiger partial charge in [-0.15, -0.1) is 0 Å². The first-order valence-electron chi connectivity index (χ1n) is 8.66. The summed E-state index contributed by atoms with van der Waals surface area (Å²) in [5.74, 6) is -0.186. The molecule has 1 aromatic carbocycles. The summed E-state index contributed by atoms with van der Waals surface area (Å²) in [6.45, 7) is 10.1. The van der Waals surface area contributed by atoms with E-state index in [0.29, 0.717) is 5.69 Å². The van der Waals surface area contributed by atoms with Gasteiger partial charge in [-0.3, -0.25) is 9.48 Å². The molecule has 0 unspecified atom stereocenters. The van der Waals surface area contributed by atoms with Crippen LogP contribution in [-0.2, 0) is 12.5 Å². The summed E-state index contributed by atoms with van der Waals surface area (Å²) in [5, 5.41) is 12.1. The Bertz CT molecular complexity index is 945. The van der Waals surface area contributed by atoms with Crippen molar-refractivity contribution in [1.29, 1.82) is 0 Å². The smallest absolute Gasteiger partial charge is 0.274 e. The van der Waals surface area contributed by atoms with Gasteiger partial charge in [0.15, 0.2) is 0 Å². The largest absolute Gasteiger partial charge is 0.317 e. The molecular weight excluding hydrogens is 326 g/mol. The van der Waals surface area contributed by atoms with E-state index in [4.69, 9.17) is 0 Å². The molecule has 3 rings (SSSR count). The summed E-state index contributed by atoms with van der Waals surface area (Å²) >= 11 is 0. The average molecular weight is 351 g/mol. The van der Waals surface area contributed by atoms with Crippen molar-refractivity contribution in [2.75, 3.05) is 5.32 Å². The van der Waals surface area contributed by atoms with Crippen LogP contribution in [0.15, 0.2) is 36.4 Å². The van der Waals surface area contributed by atoms with E-state index < -0.39 is 0 Å². The first-order valence-corrected chi connectivity index (χ1v) is 8.66. The van der Waals surface area contributed by atoms with Gasteiger partial charge in [-0.05, 0) is 32.0 Å². The monoisotopic (exact) mass is 351 g/mol. The molecule has 0 aliphatic heterocycles. The molecule has 1 N–H and O–H groups in total. The molecule has 2 heterocycles. The Hall–Kier alpha value is -2.89. The topological polar surface area (TPSA) is 64.7 Å². The molecule has 26 heavy (non-hydrogen) atoms. The Morgan fingerprint density at radius 1 is 1.08 bits per heavy atom. The fourth-order valence-electron chi connectivity index (χ4n) is 2.87. The molecule has 0 aliphatic carbocycles. The highest BCUT2D eigenvalue weighted by Gasteiger charge is 2.23. The van der Waals surface area contributed by atoms with E-state index in [1.807, 2.05) is 54.9 Å². The fourth-order valence-corrected chi connectivity index (χ4v) is 2.87. The molecule has 6 heteroatoms. The Morgan fingerprint density at radius 3 is 2.31 bits per heavy atom. The number of aryl methyl sites for hydroxylation is 2. The molecule has 0 bridgehead atoms. The molecule has 3 aromatic rings. The highest BCUT2D eigenvalue weighted by Crippen LogP contribution is 2.25. The third-order valence-electron chi connectivity index (χ3n) is 4.41. The van der Waals surface area contributed by atoms with Gasteiger partial charge >= 0.3 is 0 Å². The Morgan fingerprint density at radius 2 is 1.73 bits per heavy atom. The molecule has 0 radical (unpaired) electrons. The normalized spacial score (nSPS) is 11.6. The Kier molecular flexibility index (Phi) is 4.44. The van der Waals surface area contributed by atoms with Crippen LogP contribution in [-0.4, -0.2) is 25.5 Å². The number of nitrogens with zero attached hydrogens (tertiary/aromatic N) is 4. The van der Waals surface area contributed by atoms with Crippen LogP contribution in [0.25, 0.3) is 5.69 Å². The lowest BCUT2D eigenvalue weighted by molar-refractivity contribution is 0.101. The Labute approximate surface area is 153 Å². The standard InChI is InChI=1S/C20H25N5O/c1-13-18(14(2)25(22-13)15-10-8-7-9-11-15)21-19(26)16-12-17(20(3,4)5)23-24(16)6/h7-12H,1-6H3,(H,21,26). The van der Waals surface area contributed by atoms with Crippen molar-refractivity contribution in [3.8, 4) is 5.69 Å². The van der Waals surface area contributed by atoms with Gasteiger partial charge in [0.1, 0.15) is 5.69 Å². The van der Waals surface area contributed by atoms with Crippen molar-refractivity contribution in [1.82, 2.24) is 19.6 Å². The maximum absolute atomic E-state index is 12.8. The van der Waals surface area contributed by atoms with Crippen molar-refractivity contribution < 1.29 is 4.79 Å². The number of rotatable bonds is 3. The van der Waals surface area contributed by atoms with E-state index in [0.717, 1.165) is 28.5 Å². The van der Waals surface area contributed by atoms with Gasteiger partial charge in [0.2, 0.25) is 0 Å². The Balaban J connectivity index is 1.92. The quantitative estimate of drug-likeness (QED) is 0.781. The van der Waals surface area contributed by atoms with Gasteiger partial charge in [-0.25, -0.2) is 4.68 Å². The fraction of sp³-hybridized carbons (Fsp3) is 0.350. The van der Waals surface area contributed by atoms with E-state index in [9.17, 15) is 4.79 Å². The zero-order chi connectivity index (χ0) is 19.1. The number of aromatic nitrogens is 4. The van der Waals surface area contributed by atoms with Crippen LogP contribution in [0.3, 0.4) is 0 Å². The molecule has 2 aromatic heterocycles. The predicted octanol–water partition coefficient (Wildman–Crippen LogP) is 3.77. The number of amides is 1. The second-order valence-corrected chi connectivity index (χ2v) is 7.54. The second-order valence-electron chi connectivity index (χ2n) is 7.54. The van der Waals surface area contributed by atoms with Crippen molar-refractivity contribution in [2.24, 2.45) is 7.05 Å². The van der Waals surface area contributed by atoms with Crippen molar-refractivity contribution in [3.63, 3.8) is 0 Å². The molecular formula is C20H25N5O. The first-order chi connectivity index (χ1) is 12.2. The van der Waals surface area contributed by atoms with Crippen molar-refractivity contribution >= 4 is 11.6 Å². The number of anilines is 1. The van der Waals surface area contributed by atoms with Crippen LogP contribution in [0.1, 0.15) is 48.3 Å². The zero-order valence-electron chi connectivity index (χ0n) is 16.2. The highest BCUT2D eigenvalue weighted by molar-refractivity contribution is 6.03. The number of para-hydroxylation sites is 1. The molecule has 0 saturated heterocycles. The molecule has 6 nitrogen and oxygen atoms in total. The molecule has 0 atom stereocenters. The number of hydrogen-bond acceptors (Lipinski definition) is 3. The SMILES string of the molecule is Cc1nn(-c2ccccc2)c(C)c1NC(=O)c1cc(C(C)(C)C)nn1C. The molecule has 1 amide bonds. The lowest BCUT2D eigenvalue weighted by Crippen LogP contribution is -2.17. The van der Waals surface area contributed by atoms with Gasteiger partial charge in [-0.2, -0.15) is 10.2 Å². The lowest BCUT2D eigenvalue weighted by atomic mass is 9.92. The van der Waals surface area contributed by atoms with Crippen molar-refractivity contribution in [2.45, 2.75) is 40.0 Å². The highest BCUT2D eigenvalue weighted by atomic mass is 16.2. The van der Waals surface area contributed by atoms with E-state index >= 15 is 0 Å². The van der Waals surface area contributed by atoms with E-state index in [2.05, 4.69) is 36.3 Å². The zero-order valence-corrected chi connectivity index (χ0v) is 16.2. The summed E-state index contributed by atoms with van der Waals surface area (Å²) in [5.41, 5.74) is 4.67. The van der Waals surface area contributed by atoms with Crippen LogP contribution >= 0.6 is 0 Å². The lowest BCUT2D eigenvalue weighted by Gasteiger charge is -2.13. The summed E-state index contributed by atoms with van der Waals surface area (Å²) in [6, 6.07) is 11.7. The third kappa shape index (κ3) is 3.27. The van der Waals surface area contributed by atoms with Crippen molar-refractivity contribution in [3.05, 3.63) is 59.2 Å². The summed E-state index contributed by atoms with van der Waals surface area (Å²) < 4.78 is 3.47. The minimum absolute atomic E-state index is 0.111. The van der Waals surface area contributed by atoms with E-state index in [1.54, 1.807) is 11.7 Å². The summed E-state index contributed by atoms with van der Waals surface area (Å²) in [7, 11) is 1.79. The van der Waals surface area contributed by atoms with Crippen LogP contribution in [0.4, 0.5) is 5.69 Å². The number of benzene rings is 1. The number of nitrogens with one attached hydrogen (secondary N) is 1. The van der Waals surface area contributed by atoms with Gasteiger partial charge in [0.05, 0.1) is 28.5 Å². The van der Waals surface area contributed by atoms with Gasteiger partial charge < -0.3 is 5.32 Å². The van der Waals surface area contributed by atoms with Gasteiger partial charge in [0, 0.05) is 12.5 Å². The van der Waals surface area contributed by atoms with Crippen LogP contribution < -0.4 is 5.32 Å². The second kappa shape index (κ2) is 6.44. The van der Waals surface area contributed by atoms with E-state index in [-0.39, 0.29) is 11.3 Å². The number of carbonyl (C=O) groups excluding carboxylic acids is 1. The molecule has 0 aliphatic rings. The maximum Gasteiger partial charge on any atom is 0.274 e. The van der Waals surface area contributed by atoms with E-state index in [1.165, 1.54) is 0 Å². The van der Waals surface area contributed by atoms with Crippen LogP contribution in [0, 0.1) is 13.8 Å². The predicted molar refractivity (Wildman–Crippen MR) is 103 cm³/mol. The number of hydrogen-bond donors (Lipinski definition) is 1. The van der Waals surface area contributed by atoms with Crippen LogP contribution in [0.5, 0.6) is 0 Å². The van der Waals surface area contributed by atoms with Gasteiger partial charge in [0.25, 0.3) is 5.91 Å². The summed E-state index contributed by atoms with van der Waals surface area (Å²) in [6.07, 6.45) is 0. The average Bonchev–Trinajstić information content (AvgIpc) is 3.10. The first kappa shape index (κ1) is 17.9. The number of carbonyl (C=O) groups is 1. The minimum atomic E-state index is -0.186. The summed E-state index contributed by atoms with van der Waals surface area (Å²) in [4.78, 5) is 12.8. The van der Waals surface area contributed by atoms with Crippen LogP contribution in [0.2, 0.25) is 0 Å². The maximum atomic E-state index is 12.8. The molecule has 136 valence electrons. The molecule has 0 spiro atoms. The minimum Gasteiger partial charge on any atom is -0.317 e. The third-order valence-corrected chi connectivity index (χ3v) is 4.41. The van der Waals surface area contributed by atoms with Gasteiger partial charge in [-0.1, -0.05) is 39.0 Å². The molecule has 0 saturated carbocycles.